The predicted molar refractivity (Wildman–Crippen MR) is 75.2 cm³/mol. The van der Waals surface area contributed by atoms with E-state index in [1.807, 2.05) is 0 Å². The second-order valence-electron chi connectivity index (χ2n) is 5.18. The minimum absolute atomic E-state index is 0.527. The molecule has 0 amide bonds. The molecule has 0 saturated carbocycles. The van der Waals surface area contributed by atoms with Gasteiger partial charge in [-0.25, -0.2) is 0 Å². The number of hydrogen-bond donors (Lipinski definition) is 0. The molecule has 0 bridgehead atoms. The van der Waals surface area contributed by atoms with Crippen LogP contribution < -0.4 is 0 Å². The summed E-state index contributed by atoms with van der Waals surface area (Å²) < 4.78 is 6.52. The van der Waals surface area contributed by atoms with E-state index in [9.17, 15) is 0 Å². The number of aryl methyl sites for hydroxylation is 1. The first-order valence-electron chi connectivity index (χ1n) is 6.56. The fraction of sp³-hybridized carbons (Fsp3) is 0.600. The summed E-state index contributed by atoms with van der Waals surface area (Å²) in [4.78, 5) is 0. The lowest BCUT2D eigenvalue weighted by Crippen LogP contribution is -2.41. The lowest BCUT2D eigenvalue weighted by Gasteiger charge is -2.41. The second kappa shape index (κ2) is 6.01. The molecular formula is C15H21BrO. The second-order valence-corrected chi connectivity index (χ2v) is 6.10. The number of hydrogen-bond acceptors (Lipinski definition) is 1. The van der Waals surface area contributed by atoms with Crippen molar-refractivity contribution in [2.45, 2.75) is 39.0 Å². The molecular weight excluding hydrogens is 276 g/mol. The molecule has 0 spiro atoms. The molecule has 0 unspecified atom stereocenters. The van der Waals surface area contributed by atoms with Crippen LogP contribution in [0.4, 0.5) is 0 Å². The van der Waals surface area contributed by atoms with Crippen molar-refractivity contribution in [1.82, 2.24) is 0 Å². The van der Waals surface area contributed by atoms with Crippen LogP contribution in [-0.4, -0.2) is 13.2 Å². The lowest BCUT2D eigenvalue weighted by molar-refractivity contribution is -0.120. The summed E-state index contributed by atoms with van der Waals surface area (Å²) in [5, 5.41) is 0. The van der Waals surface area contributed by atoms with Gasteiger partial charge in [-0.1, -0.05) is 41.4 Å². The van der Waals surface area contributed by atoms with Gasteiger partial charge in [-0.3, -0.25) is 0 Å². The zero-order chi connectivity index (χ0) is 12.1. The molecule has 1 aromatic rings. The first-order valence-corrected chi connectivity index (χ1v) is 7.36. The molecule has 1 nitrogen and oxygen atoms in total. The third-order valence-electron chi connectivity index (χ3n) is 3.90. The van der Waals surface area contributed by atoms with E-state index in [0.29, 0.717) is 5.41 Å². The summed E-state index contributed by atoms with van der Waals surface area (Å²) in [6.45, 7) is 4.26. The van der Waals surface area contributed by atoms with Crippen molar-refractivity contribution in [3.05, 3.63) is 34.3 Å². The van der Waals surface area contributed by atoms with Crippen LogP contribution in [0, 0.1) is 5.41 Å². The maximum absolute atomic E-state index is 5.35. The Morgan fingerprint density at radius 1 is 1.18 bits per heavy atom. The summed E-state index contributed by atoms with van der Waals surface area (Å²) >= 11 is 3.47. The highest BCUT2D eigenvalue weighted by atomic mass is 79.9. The topological polar surface area (TPSA) is 9.23 Å². The molecule has 1 aliphatic rings. The lowest BCUT2D eigenvalue weighted by atomic mass is 9.78. The van der Waals surface area contributed by atoms with Gasteiger partial charge in [0.05, 0.1) is 13.2 Å². The third-order valence-corrected chi connectivity index (χ3v) is 4.43. The van der Waals surface area contributed by atoms with E-state index in [2.05, 4.69) is 47.1 Å². The summed E-state index contributed by atoms with van der Waals surface area (Å²) in [6, 6.07) is 8.68. The molecule has 0 radical (unpaired) electrons. The highest BCUT2D eigenvalue weighted by Gasteiger charge is 2.35. The van der Waals surface area contributed by atoms with Crippen molar-refractivity contribution in [3.63, 3.8) is 0 Å². The van der Waals surface area contributed by atoms with E-state index in [1.165, 1.54) is 37.7 Å². The van der Waals surface area contributed by atoms with Gasteiger partial charge in [-0.2, -0.15) is 0 Å². The molecule has 2 heteroatoms. The fourth-order valence-electron chi connectivity index (χ4n) is 2.40. The maximum atomic E-state index is 5.35. The number of ether oxygens (including phenoxy) is 1. The monoisotopic (exact) mass is 296 g/mol. The Hall–Kier alpha value is -0.340. The van der Waals surface area contributed by atoms with Gasteiger partial charge in [0.25, 0.3) is 0 Å². The number of unbranched alkanes of at least 4 members (excludes halogenated alkanes) is 1. The summed E-state index contributed by atoms with van der Waals surface area (Å²) in [5.41, 5.74) is 1.98. The molecule has 0 atom stereocenters. The van der Waals surface area contributed by atoms with Crippen LogP contribution in [-0.2, 0) is 11.2 Å². The quantitative estimate of drug-likeness (QED) is 0.698. The Kier molecular flexibility index (Phi) is 4.63. The Balaban J connectivity index is 1.67. The number of rotatable bonds is 6. The molecule has 1 aliphatic heterocycles. The SMILES string of the molecule is CCC1(CCCCc2ccc(Br)cc2)COC1. The van der Waals surface area contributed by atoms with Gasteiger partial charge in [0, 0.05) is 9.89 Å². The van der Waals surface area contributed by atoms with Crippen LogP contribution in [0.25, 0.3) is 0 Å². The van der Waals surface area contributed by atoms with E-state index in [0.717, 1.165) is 17.7 Å². The van der Waals surface area contributed by atoms with Gasteiger partial charge in [0.1, 0.15) is 0 Å². The maximum Gasteiger partial charge on any atom is 0.0544 e. The van der Waals surface area contributed by atoms with Crippen LogP contribution in [0.3, 0.4) is 0 Å². The first kappa shape index (κ1) is 13.1. The average Bonchev–Trinajstić information content (AvgIpc) is 2.30. The van der Waals surface area contributed by atoms with Crippen LogP contribution >= 0.6 is 15.9 Å². The zero-order valence-corrected chi connectivity index (χ0v) is 12.1. The molecule has 1 fully saturated rings. The highest BCUT2D eigenvalue weighted by Crippen LogP contribution is 2.36. The van der Waals surface area contributed by atoms with Crippen molar-refractivity contribution < 1.29 is 4.74 Å². The molecule has 1 aromatic carbocycles. The smallest absolute Gasteiger partial charge is 0.0544 e. The largest absolute Gasteiger partial charge is 0.380 e. The van der Waals surface area contributed by atoms with E-state index < -0.39 is 0 Å². The molecule has 1 saturated heterocycles. The Morgan fingerprint density at radius 2 is 1.88 bits per heavy atom. The minimum Gasteiger partial charge on any atom is -0.380 e. The van der Waals surface area contributed by atoms with Crippen molar-refractivity contribution in [3.8, 4) is 0 Å². The Morgan fingerprint density at radius 3 is 2.41 bits per heavy atom. The minimum atomic E-state index is 0.527. The molecule has 2 rings (SSSR count). The summed E-state index contributed by atoms with van der Waals surface area (Å²) in [6.07, 6.45) is 6.43. The normalized spacial score (nSPS) is 17.8. The summed E-state index contributed by atoms with van der Waals surface area (Å²) in [5.74, 6) is 0. The van der Waals surface area contributed by atoms with Crippen LogP contribution in [0.2, 0.25) is 0 Å². The van der Waals surface area contributed by atoms with Gasteiger partial charge >= 0.3 is 0 Å². The molecule has 1 heterocycles. The Labute approximate surface area is 113 Å². The molecule has 0 N–H and O–H groups in total. The molecule has 17 heavy (non-hydrogen) atoms. The van der Waals surface area contributed by atoms with Crippen molar-refractivity contribution >= 4 is 15.9 Å². The fourth-order valence-corrected chi connectivity index (χ4v) is 2.66. The van der Waals surface area contributed by atoms with Crippen LogP contribution in [0.15, 0.2) is 28.7 Å². The van der Waals surface area contributed by atoms with Gasteiger partial charge in [0.15, 0.2) is 0 Å². The molecule has 0 aliphatic carbocycles. The van der Waals surface area contributed by atoms with Gasteiger partial charge < -0.3 is 4.74 Å². The average molecular weight is 297 g/mol. The number of halogens is 1. The van der Waals surface area contributed by atoms with Crippen LogP contribution in [0.1, 0.15) is 38.2 Å². The van der Waals surface area contributed by atoms with Crippen molar-refractivity contribution in [2.75, 3.05) is 13.2 Å². The third kappa shape index (κ3) is 3.56. The molecule has 94 valence electrons. The highest BCUT2D eigenvalue weighted by molar-refractivity contribution is 9.10. The Bertz CT molecular complexity index is 335. The van der Waals surface area contributed by atoms with Gasteiger partial charge in [0.2, 0.25) is 0 Å². The molecule has 0 aromatic heterocycles. The van der Waals surface area contributed by atoms with Gasteiger partial charge in [-0.15, -0.1) is 0 Å². The van der Waals surface area contributed by atoms with Gasteiger partial charge in [-0.05, 0) is 43.4 Å². The predicted octanol–water partition coefficient (Wildman–Crippen LogP) is 4.59. The van der Waals surface area contributed by atoms with Crippen molar-refractivity contribution in [1.29, 1.82) is 0 Å². The van der Waals surface area contributed by atoms with Crippen molar-refractivity contribution in [2.24, 2.45) is 5.41 Å². The van der Waals surface area contributed by atoms with E-state index >= 15 is 0 Å². The number of benzene rings is 1. The first-order chi connectivity index (χ1) is 8.24. The zero-order valence-electron chi connectivity index (χ0n) is 10.5. The summed E-state index contributed by atoms with van der Waals surface area (Å²) in [7, 11) is 0. The standard InChI is InChI=1S/C15H21BrO/c1-2-15(11-17-12-15)10-4-3-5-13-6-8-14(16)9-7-13/h6-9H,2-5,10-12H2,1H3. The van der Waals surface area contributed by atoms with E-state index in [1.54, 1.807) is 0 Å². The van der Waals surface area contributed by atoms with E-state index in [-0.39, 0.29) is 0 Å². The van der Waals surface area contributed by atoms with E-state index in [4.69, 9.17) is 4.74 Å². The van der Waals surface area contributed by atoms with Crippen LogP contribution in [0.5, 0.6) is 0 Å².